The summed E-state index contributed by atoms with van der Waals surface area (Å²) in [6, 6.07) is 34.4. The summed E-state index contributed by atoms with van der Waals surface area (Å²) < 4.78 is 6.14. The molecule has 0 saturated heterocycles. The molecule has 0 aliphatic heterocycles. The number of para-hydroxylation sites is 2. The van der Waals surface area contributed by atoms with Crippen LogP contribution >= 0.6 is 0 Å². The molecule has 0 bridgehead atoms. The quantitative estimate of drug-likeness (QED) is 0.116. The number of aromatic amines is 2. The topological polar surface area (TPSA) is 147 Å². The van der Waals surface area contributed by atoms with Crippen molar-refractivity contribution in [3.63, 3.8) is 0 Å². The molecule has 11 rings (SSSR count). The van der Waals surface area contributed by atoms with E-state index >= 15 is 0 Å². The van der Waals surface area contributed by atoms with Crippen LogP contribution in [0, 0.1) is 0 Å². The number of aromatic nitrogens is 11. The number of nitrogens with one attached hydrogen (secondary N) is 4. The Morgan fingerprint density at radius 2 is 0.982 bits per heavy atom. The lowest BCUT2D eigenvalue weighted by Gasteiger charge is -2.15. The molecule has 0 radical (unpaired) electrons. The summed E-state index contributed by atoms with van der Waals surface area (Å²) >= 11 is 0. The average molecular weight is 716 g/mol. The van der Waals surface area contributed by atoms with Gasteiger partial charge in [-0.1, -0.05) is 36.4 Å². The van der Waals surface area contributed by atoms with Crippen molar-refractivity contribution in [1.82, 2.24) is 53.4 Å². The molecule has 0 atom stereocenters. The molecule has 55 heavy (non-hydrogen) atoms. The lowest BCUT2D eigenvalue weighted by molar-refractivity contribution is 1.00. The lowest BCUT2D eigenvalue weighted by Crippen LogP contribution is -2.09. The highest BCUT2D eigenvalue weighted by molar-refractivity contribution is 6.12. The van der Waals surface area contributed by atoms with Gasteiger partial charge in [0.25, 0.3) is 0 Å². The van der Waals surface area contributed by atoms with E-state index in [1.54, 1.807) is 18.5 Å². The molecule has 262 valence electrons. The predicted molar refractivity (Wildman–Crippen MR) is 213 cm³/mol. The number of nitrogens with zero attached hydrogens (tertiary/aromatic N) is 9. The Hall–Kier alpha value is -8.06. The molecule has 0 aliphatic rings. The number of rotatable bonds is 9. The molecule has 3 aromatic carbocycles. The highest BCUT2D eigenvalue weighted by Gasteiger charge is 2.26. The molecule has 8 aromatic heterocycles. The van der Waals surface area contributed by atoms with Crippen molar-refractivity contribution in [3.05, 3.63) is 153 Å². The van der Waals surface area contributed by atoms with Crippen molar-refractivity contribution < 1.29 is 0 Å². The predicted octanol–water partition coefficient (Wildman–Crippen LogP) is 8.78. The van der Waals surface area contributed by atoms with Crippen LogP contribution in [0.1, 0.15) is 0 Å². The van der Waals surface area contributed by atoms with Crippen LogP contribution in [-0.2, 0) is 0 Å². The summed E-state index contributed by atoms with van der Waals surface area (Å²) in [5.41, 5.74) is 7.97. The molecule has 0 unspecified atom stereocenters. The number of H-pyrrole nitrogens is 2. The van der Waals surface area contributed by atoms with Gasteiger partial charge in [-0.3, -0.25) is 0 Å². The molecule has 0 fully saturated rings. The van der Waals surface area contributed by atoms with Crippen LogP contribution in [-0.4, -0.2) is 53.4 Å². The zero-order chi connectivity index (χ0) is 36.3. The smallest absolute Gasteiger partial charge is 0.239 e. The van der Waals surface area contributed by atoms with E-state index in [-0.39, 0.29) is 0 Å². The minimum absolute atomic E-state index is 0.324. The number of anilines is 4. The Bertz CT molecular complexity index is 2890. The van der Waals surface area contributed by atoms with E-state index in [1.807, 2.05) is 77.5 Å². The molecule has 0 amide bonds. The third-order valence-electron chi connectivity index (χ3n) is 9.67. The average Bonchev–Trinajstić information content (AvgIpc) is 4.10. The Morgan fingerprint density at radius 3 is 1.45 bits per heavy atom. The first-order chi connectivity index (χ1) is 27.2. The summed E-state index contributed by atoms with van der Waals surface area (Å²) in [4.78, 5) is 36.0. The first-order valence-electron chi connectivity index (χ1n) is 17.7. The van der Waals surface area contributed by atoms with E-state index < -0.39 is 0 Å². The highest BCUT2D eigenvalue weighted by Crippen LogP contribution is 2.43. The maximum Gasteiger partial charge on any atom is 0.239 e. The number of hydrogen-bond acceptors (Lipinski definition) is 8. The van der Waals surface area contributed by atoms with Crippen molar-refractivity contribution in [2.75, 3.05) is 10.6 Å². The molecule has 0 aliphatic carbocycles. The molecular weight excluding hydrogens is 687 g/mol. The largest absolute Gasteiger partial charge is 0.348 e. The zero-order valence-electron chi connectivity index (χ0n) is 29.0. The third kappa shape index (κ3) is 5.17. The molecule has 0 spiro atoms. The Balaban J connectivity index is 1.20. The van der Waals surface area contributed by atoms with Crippen LogP contribution < -0.4 is 10.6 Å². The first-order valence-corrected chi connectivity index (χ1v) is 17.7. The minimum atomic E-state index is 0.324. The van der Waals surface area contributed by atoms with E-state index in [0.29, 0.717) is 23.2 Å². The van der Waals surface area contributed by atoms with Gasteiger partial charge in [-0.25, -0.2) is 24.3 Å². The van der Waals surface area contributed by atoms with Crippen LogP contribution in [0.25, 0.3) is 73.4 Å². The van der Waals surface area contributed by atoms with Gasteiger partial charge in [0.15, 0.2) is 5.82 Å². The van der Waals surface area contributed by atoms with Gasteiger partial charge in [-0.2, -0.15) is 9.97 Å². The molecule has 8 heterocycles. The van der Waals surface area contributed by atoms with Gasteiger partial charge in [0.1, 0.15) is 11.6 Å². The van der Waals surface area contributed by atoms with Gasteiger partial charge < -0.3 is 29.7 Å². The molecular formula is C42H29N13. The summed E-state index contributed by atoms with van der Waals surface area (Å²) in [5.74, 6) is 3.27. The van der Waals surface area contributed by atoms with Crippen molar-refractivity contribution >= 4 is 50.9 Å². The van der Waals surface area contributed by atoms with Gasteiger partial charge in [0, 0.05) is 82.8 Å². The number of hydrogen-bond donors (Lipinski definition) is 4. The highest BCUT2D eigenvalue weighted by atomic mass is 15.2. The van der Waals surface area contributed by atoms with Crippen LogP contribution in [0.4, 0.5) is 23.0 Å². The van der Waals surface area contributed by atoms with Crippen LogP contribution in [0.5, 0.6) is 0 Å². The molecule has 4 N–H and O–H groups in total. The standard InChI is InChI=1S/C42H29N13/c1-3-10-26(11-4-1)53-22-30(32(24-53)47-34-14-7-18-43-34)36-28-16-17-29-37(31-23-54(27-12-5-2-6-13-27)25-33(31)48-35-15-8-19-44-35)50-42-52-40(39-45-20-9-21-46-39)51-41(49-36)55(42)38(28)29/h1-25,43-44,47-48H. The van der Waals surface area contributed by atoms with E-state index in [1.165, 1.54) is 0 Å². The second-order valence-corrected chi connectivity index (χ2v) is 13.1. The summed E-state index contributed by atoms with van der Waals surface area (Å²) in [6.45, 7) is 0. The fourth-order valence-electron chi connectivity index (χ4n) is 7.18. The summed E-state index contributed by atoms with van der Waals surface area (Å²) in [5, 5.41) is 9.03. The van der Waals surface area contributed by atoms with Crippen molar-refractivity contribution in [3.8, 4) is 45.5 Å². The second-order valence-electron chi connectivity index (χ2n) is 13.1. The van der Waals surface area contributed by atoms with Crippen molar-refractivity contribution in [2.24, 2.45) is 0 Å². The Labute approximate surface area is 312 Å². The summed E-state index contributed by atoms with van der Waals surface area (Å²) in [6.07, 6.45) is 15.5. The van der Waals surface area contributed by atoms with Crippen molar-refractivity contribution in [1.29, 1.82) is 0 Å². The van der Waals surface area contributed by atoms with E-state index in [2.05, 4.69) is 101 Å². The van der Waals surface area contributed by atoms with Crippen LogP contribution in [0.3, 0.4) is 0 Å². The molecule has 13 nitrogen and oxygen atoms in total. The molecule has 13 heteroatoms. The maximum absolute atomic E-state index is 5.28. The van der Waals surface area contributed by atoms with Gasteiger partial charge in [0.05, 0.1) is 28.3 Å². The first kappa shape index (κ1) is 30.6. The van der Waals surface area contributed by atoms with Crippen LogP contribution in [0.2, 0.25) is 0 Å². The Morgan fingerprint density at radius 1 is 0.473 bits per heavy atom. The normalized spacial score (nSPS) is 11.6. The fraction of sp³-hybridized carbons (Fsp3) is 0. The monoisotopic (exact) mass is 715 g/mol. The number of benzene rings is 2. The maximum atomic E-state index is 5.28. The lowest BCUT2D eigenvalue weighted by atomic mass is 10.1. The molecule has 0 saturated carbocycles. The van der Waals surface area contributed by atoms with Gasteiger partial charge >= 0.3 is 0 Å². The van der Waals surface area contributed by atoms with E-state index in [9.17, 15) is 0 Å². The fourth-order valence-corrected chi connectivity index (χ4v) is 7.18. The SMILES string of the molecule is c1ccc(-n2cc(Nc3ccc[nH]3)c(-c3nc4nc(-c5ncccn5)nc5nc(-c6cn(-c7ccccc7)cc6Nc6ccc[nH]6)c6ccc3c6n45)c2)cc1. The Kier molecular flexibility index (Phi) is 6.82. The van der Waals surface area contributed by atoms with E-state index in [0.717, 1.165) is 73.2 Å². The second kappa shape index (κ2) is 12.3. The molecule has 11 aromatic rings. The van der Waals surface area contributed by atoms with Gasteiger partial charge in [0.2, 0.25) is 17.4 Å². The van der Waals surface area contributed by atoms with Crippen LogP contribution in [0.15, 0.2) is 153 Å². The van der Waals surface area contributed by atoms with E-state index in [4.69, 9.17) is 19.9 Å². The van der Waals surface area contributed by atoms with Crippen molar-refractivity contribution in [2.45, 2.75) is 0 Å². The van der Waals surface area contributed by atoms with Gasteiger partial charge in [-0.15, -0.1) is 0 Å². The third-order valence-corrected chi connectivity index (χ3v) is 9.67. The minimum Gasteiger partial charge on any atom is -0.348 e. The van der Waals surface area contributed by atoms with Gasteiger partial charge in [-0.05, 0) is 66.7 Å². The zero-order valence-corrected chi connectivity index (χ0v) is 29.0. The summed E-state index contributed by atoms with van der Waals surface area (Å²) in [7, 11) is 0.